The molecule has 0 saturated heterocycles. The lowest BCUT2D eigenvalue weighted by molar-refractivity contribution is -0.144. The van der Waals surface area contributed by atoms with E-state index in [4.69, 9.17) is 4.74 Å². The van der Waals surface area contributed by atoms with Crippen LogP contribution in [0.4, 0.5) is 0 Å². The molecule has 0 aliphatic carbocycles. The van der Waals surface area contributed by atoms with E-state index in [0.717, 1.165) is 12.0 Å². The van der Waals surface area contributed by atoms with Crippen molar-refractivity contribution in [1.29, 1.82) is 0 Å². The number of hydrogen-bond acceptors (Lipinski definition) is 3. The van der Waals surface area contributed by atoms with Crippen LogP contribution in [0.2, 0.25) is 0 Å². The minimum absolute atomic E-state index is 0.189. The molecule has 3 heteroatoms. The molecule has 0 bridgehead atoms. The van der Waals surface area contributed by atoms with Crippen molar-refractivity contribution in [2.24, 2.45) is 0 Å². The summed E-state index contributed by atoms with van der Waals surface area (Å²) in [7, 11) is 0. The third kappa shape index (κ3) is 3.93. The topological polar surface area (TPSA) is 26.3 Å². The van der Waals surface area contributed by atoms with Crippen molar-refractivity contribution in [2.45, 2.75) is 31.3 Å². The largest absolute Gasteiger partial charge is 0.454 e. The third-order valence-electron chi connectivity index (χ3n) is 2.43. The number of carbonyl (C=O) groups excluding carboxylic acids is 1. The van der Waals surface area contributed by atoms with Gasteiger partial charge in [0, 0.05) is 10.5 Å². The molecule has 1 atom stereocenters. The minimum atomic E-state index is -0.327. The van der Waals surface area contributed by atoms with Crippen LogP contribution in [0.1, 0.15) is 31.9 Å². The SMILES string of the molecule is C=C(C)C(=O)OC(CC)c1cccc(SC)c1. The van der Waals surface area contributed by atoms with Crippen LogP contribution in [0.5, 0.6) is 0 Å². The highest BCUT2D eigenvalue weighted by molar-refractivity contribution is 7.98. The van der Waals surface area contributed by atoms with Crippen LogP contribution in [0.15, 0.2) is 41.3 Å². The van der Waals surface area contributed by atoms with Crippen molar-refractivity contribution in [3.8, 4) is 0 Å². The molecule has 92 valence electrons. The number of rotatable bonds is 5. The summed E-state index contributed by atoms with van der Waals surface area (Å²) in [5.74, 6) is -0.327. The van der Waals surface area contributed by atoms with Crippen LogP contribution >= 0.6 is 11.8 Å². The Morgan fingerprint density at radius 2 is 2.24 bits per heavy atom. The van der Waals surface area contributed by atoms with Gasteiger partial charge in [-0.2, -0.15) is 0 Å². The molecular formula is C14H18O2S. The fraction of sp³-hybridized carbons (Fsp3) is 0.357. The van der Waals surface area contributed by atoms with Gasteiger partial charge in [-0.3, -0.25) is 0 Å². The highest BCUT2D eigenvalue weighted by Gasteiger charge is 2.15. The monoisotopic (exact) mass is 250 g/mol. The number of hydrogen-bond donors (Lipinski definition) is 0. The number of thioether (sulfide) groups is 1. The predicted molar refractivity (Wildman–Crippen MR) is 72.2 cm³/mol. The van der Waals surface area contributed by atoms with E-state index in [1.54, 1.807) is 18.7 Å². The second-order valence-corrected chi connectivity index (χ2v) is 4.74. The predicted octanol–water partition coefficient (Wildman–Crippen LogP) is 3.98. The van der Waals surface area contributed by atoms with Gasteiger partial charge in [0.25, 0.3) is 0 Å². The van der Waals surface area contributed by atoms with Gasteiger partial charge in [0.2, 0.25) is 0 Å². The Bertz CT molecular complexity index is 412. The molecule has 1 rings (SSSR count). The molecule has 0 amide bonds. The summed E-state index contributed by atoms with van der Waals surface area (Å²) in [5.41, 5.74) is 1.47. The molecular weight excluding hydrogens is 232 g/mol. The van der Waals surface area contributed by atoms with Crippen LogP contribution in [0.25, 0.3) is 0 Å². The van der Waals surface area contributed by atoms with Gasteiger partial charge in [-0.15, -0.1) is 11.8 Å². The van der Waals surface area contributed by atoms with E-state index in [-0.39, 0.29) is 12.1 Å². The molecule has 0 aromatic heterocycles. The zero-order valence-corrected chi connectivity index (χ0v) is 11.3. The zero-order valence-electron chi connectivity index (χ0n) is 10.5. The standard InChI is InChI=1S/C14H18O2S/c1-5-13(16-14(15)10(2)3)11-7-6-8-12(9-11)17-4/h6-9,13H,2,5H2,1,3-4H3. The van der Waals surface area contributed by atoms with E-state index < -0.39 is 0 Å². The maximum absolute atomic E-state index is 11.5. The van der Waals surface area contributed by atoms with E-state index in [0.29, 0.717) is 5.57 Å². The lowest BCUT2D eigenvalue weighted by Gasteiger charge is -2.17. The third-order valence-corrected chi connectivity index (χ3v) is 3.16. The highest BCUT2D eigenvalue weighted by Crippen LogP contribution is 2.25. The molecule has 1 aromatic rings. The second kappa shape index (κ2) is 6.50. The van der Waals surface area contributed by atoms with Gasteiger partial charge < -0.3 is 4.74 Å². The van der Waals surface area contributed by atoms with E-state index >= 15 is 0 Å². The van der Waals surface area contributed by atoms with E-state index in [2.05, 4.69) is 12.6 Å². The molecule has 0 N–H and O–H groups in total. The summed E-state index contributed by atoms with van der Waals surface area (Å²) in [5, 5.41) is 0. The van der Waals surface area contributed by atoms with Crippen molar-refractivity contribution in [1.82, 2.24) is 0 Å². The van der Waals surface area contributed by atoms with E-state index in [9.17, 15) is 4.79 Å². The van der Waals surface area contributed by atoms with Crippen LogP contribution in [-0.2, 0) is 9.53 Å². The summed E-state index contributed by atoms with van der Waals surface area (Å²) >= 11 is 1.68. The Labute approximate surface area is 107 Å². The number of ether oxygens (including phenoxy) is 1. The van der Waals surface area contributed by atoms with Gasteiger partial charge in [0.1, 0.15) is 6.10 Å². The summed E-state index contributed by atoms with van der Waals surface area (Å²) in [6.45, 7) is 7.25. The Morgan fingerprint density at radius 3 is 2.76 bits per heavy atom. The first-order valence-electron chi connectivity index (χ1n) is 5.59. The first-order chi connectivity index (χ1) is 8.08. The van der Waals surface area contributed by atoms with E-state index in [1.165, 1.54) is 4.90 Å². The second-order valence-electron chi connectivity index (χ2n) is 3.86. The number of carbonyl (C=O) groups is 1. The molecule has 0 heterocycles. The maximum atomic E-state index is 11.5. The molecule has 0 fully saturated rings. The van der Waals surface area contributed by atoms with Crippen molar-refractivity contribution in [3.63, 3.8) is 0 Å². The Balaban J connectivity index is 2.85. The van der Waals surface area contributed by atoms with Crippen LogP contribution in [-0.4, -0.2) is 12.2 Å². The van der Waals surface area contributed by atoms with Gasteiger partial charge in [0.15, 0.2) is 0 Å². The Morgan fingerprint density at radius 1 is 1.53 bits per heavy atom. The summed E-state index contributed by atoms with van der Waals surface area (Å²) in [6.07, 6.45) is 2.60. The van der Waals surface area contributed by atoms with Crippen LogP contribution < -0.4 is 0 Å². The molecule has 0 spiro atoms. The molecule has 0 aliphatic heterocycles. The summed E-state index contributed by atoms with van der Waals surface area (Å²) in [4.78, 5) is 12.7. The highest BCUT2D eigenvalue weighted by atomic mass is 32.2. The summed E-state index contributed by atoms with van der Waals surface area (Å²) in [6, 6.07) is 8.07. The van der Waals surface area contributed by atoms with E-state index in [1.807, 2.05) is 31.4 Å². The number of benzene rings is 1. The fourth-order valence-corrected chi connectivity index (χ4v) is 1.93. The molecule has 0 aliphatic rings. The fourth-order valence-electron chi connectivity index (χ4n) is 1.46. The molecule has 0 radical (unpaired) electrons. The maximum Gasteiger partial charge on any atom is 0.333 e. The van der Waals surface area contributed by atoms with Gasteiger partial charge in [-0.25, -0.2) is 4.79 Å². The van der Waals surface area contributed by atoms with Crippen LogP contribution in [0, 0.1) is 0 Å². The van der Waals surface area contributed by atoms with Crippen LogP contribution in [0.3, 0.4) is 0 Å². The van der Waals surface area contributed by atoms with Gasteiger partial charge in [-0.05, 0) is 37.3 Å². The van der Waals surface area contributed by atoms with Gasteiger partial charge in [-0.1, -0.05) is 25.6 Å². The Kier molecular flexibility index (Phi) is 5.29. The quantitative estimate of drug-likeness (QED) is 0.449. The summed E-state index contributed by atoms with van der Waals surface area (Å²) < 4.78 is 5.40. The smallest absolute Gasteiger partial charge is 0.333 e. The molecule has 1 aromatic carbocycles. The first kappa shape index (κ1) is 13.8. The minimum Gasteiger partial charge on any atom is -0.454 e. The van der Waals surface area contributed by atoms with Crippen molar-refractivity contribution in [3.05, 3.63) is 42.0 Å². The molecule has 17 heavy (non-hydrogen) atoms. The van der Waals surface area contributed by atoms with Gasteiger partial charge >= 0.3 is 5.97 Å². The lowest BCUT2D eigenvalue weighted by Crippen LogP contribution is -2.11. The number of esters is 1. The molecule has 2 nitrogen and oxygen atoms in total. The average molecular weight is 250 g/mol. The van der Waals surface area contributed by atoms with Crippen molar-refractivity contribution < 1.29 is 9.53 Å². The molecule has 0 saturated carbocycles. The van der Waals surface area contributed by atoms with Gasteiger partial charge in [0.05, 0.1) is 0 Å². The Hall–Kier alpha value is -1.22. The lowest BCUT2D eigenvalue weighted by atomic mass is 10.1. The first-order valence-corrected chi connectivity index (χ1v) is 6.81. The zero-order chi connectivity index (χ0) is 12.8. The normalized spacial score (nSPS) is 11.9. The van der Waals surface area contributed by atoms with Crippen molar-refractivity contribution >= 4 is 17.7 Å². The molecule has 1 unspecified atom stereocenters. The average Bonchev–Trinajstić information content (AvgIpc) is 2.35. The van der Waals surface area contributed by atoms with Crippen molar-refractivity contribution in [2.75, 3.05) is 6.26 Å².